The second kappa shape index (κ2) is 7.63. The van der Waals surface area contributed by atoms with E-state index in [4.69, 9.17) is 4.74 Å². The molecule has 1 aliphatic rings. The molecule has 0 aliphatic carbocycles. The monoisotopic (exact) mass is 351 g/mol. The van der Waals surface area contributed by atoms with E-state index in [2.05, 4.69) is 43.4 Å². The zero-order valence-electron chi connectivity index (χ0n) is 16.0. The van der Waals surface area contributed by atoms with Crippen LogP contribution in [0.2, 0.25) is 0 Å². The highest BCUT2D eigenvalue weighted by Gasteiger charge is 2.42. The lowest BCUT2D eigenvalue weighted by molar-refractivity contribution is -0.129. The number of aryl methyl sites for hydroxylation is 1. The fourth-order valence-corrected chi connectivity index (χ4v) is 4.23. The number of carbonyl (C=O) groups excluding carboxylic acids is 1. The van der Waals surface area contributed by atoms with Crippen LogP contribution in [0.4, 0.5) is 5.69 Å². The minimum atomic E-state index is -0.198. The van der Waals surface area contributed by atoms with E-state index in [0.29, 0.717) is 13.0 Å². The SMILES string of the molecule is Cc1ccccc1NC(=O)C[C@]1(Cc2ccccc2)CCOC(C)(C)C1. The van der Waals surface area contributed by atoms with Crippen LogP contribution in [0, 0.1) is 12.3 Å². The van der Waals surface area contributed by atoms with E-state index in [9.17, 15) is 4.79 Å². The molecule has 1 saturated heterocycles. The molecule has 0 spiro atoms. The maximum absolute atomic E-state index is 12.9. The standard InChI is InChI=1S/C23H29NO2/c1-18-9-7-8-12-20(18)24-21(25)16-23(13-14-26-22(2,3)17-23)15-19-10-5-4-6-11-19/h4-12H,13-17H2,1-3H3,(H,24,25)/t23-/m1/s1. The summed E-state index contributed by atoms with van der Waals surface area (Å²) in [5.41, 5.74) is 3.00. The van der Waals surface area contributed by atoms with Gasteiger partial charge in [0.2, 0.25) is 5.91 Å². The Kier molecular flexibility index (Phi) is 5.47. The van der Waals surface area contributed by atoms with Gasteiger partial charge in [0.05, 0.1) is 5.60 Å². The summed E-state index contributed by atoms with van der Waals surface area (Å²) in [7, 11) is 0. The van der Waals surface area contributed by atoms with E-state index in [1.54, 1.807) is 0 Å². The largest absolute Gasteiger partial charge is 0.376 e. The van der Waals surface area contributed by atoms with Crippen molar-refractivity contribution in [1.29, 1.82) is 0 Å². The molecule has 138 valence electrons. The lowest BCUT2D eigenvalue weighted by Crippen LogP contribution is -2.44. The number of carbonyl (C=O) groups is 1. The molecule has 0 unspecified atom stereocenters. The van der Waals surface area contributed by atoms with Crippen molar-refractivity contribution in [3.05, 3.63) is 65.7 Å². The topological polar surface area (TPSA) is 38.3 Å². The normalized spacial score (nSPS) is 22.0. The van der Waals surface area contributed by atoms with Crippen molar-refractivity contribution in [3.63, 3.8) is 0 Å². The van der Waals surface area contributed by atoms with Crippen LogP contribution in [-0.2, 0) is 16.0 Å². The van der Waals surface area contributed by atoms with Gasteiger partial charge in [-0.1, -0.05) is 48.5 Å². The number of hydrogen-bond donors (Lipinski definition) is 1. The molecule has 3 nitrogen and oxygen atoms in total. The zero-order valence-corrected chi connectivity index (χ0v) is 16.0. The number of hydrogen-bond acceptors (Lipinski definition) is 2. The predicted octanol–water partition coefficient (Wildman–Crippen LogP) is 5.14. The van der Waals surface area contributed by atoms with Crippen LogP contribution in [0.15, 0.2) is 54.6 Å². The van der Waals surface area contributed by atoms with Crippen molar-refractivity contribution < 1.29 is 9.53 Å². The van der Waals surface area contributed by atoms with Gasteiger partial charge in [-0.05, 0) is 62.6 Å². The summed E-state index contributed by atoms with van der Waals surface area (Å²) in [6.45, 7) is 6.99. The Balaban J connectivity index is 1.79. The van der Waals surface area contributed by atoms with Crippen molar-refractivity contribution in [2.75, 3.05) is 11.9 Å². The first-order valence-corrected chi connectivity index (χ1v) is 9.41. The highest BCUT2D eigenvalue weighted by Crippen LogP contribution is 2.44. The summed E-state index contributed by atoms with van der Waals surface area (Å²) in [5.74, 6) is 0.0907. The molecule has 0 radical (unpaired) electrons. The number of amides is 1. The molecule has 1 amide bonds. The predicted molar refractivity (Wildman–Crippen MR) is 106 cm³/mol. The zero-order chi connectivity index (χ0) is 18.6. The first-order valence-electron chi connectivity index (χ1n) is 9.41. The van der Waals surface area contributed by atoms with Gasteiger partial charge in [0.25, 0.3) is 0 Å². The van der Waals surface area contributed by atoms with Gasteiger partial charge in [0, 0.05) is 18.7 Å². The average molecular weight is 351 g/mol. The van der Waals surface area contributed by atoms with E-state index in [-0.39, 0.29) is 16.9 Å². The van der Waals surface area contributed by atoms with Gasteiger partial charge < -0.3 is 10.1 Å². The first-order chi connectivity index (χ1) is 12.4. The third kappa shape index (κ3) is 4.73. The Morgan fingerprint density at radius 3 is 2.46 bits per heavy atom. The number of benzene rings is 2. The Labute approximate surface area is 156 Å². The summed E-state index contributed by atoms with van der Waals surface area (Å²) in [6, 6.07) is 18.4. The van der Waals surface area contributed by atoms with Crippen molar-refractivity contribution >= 4 is 11.6 Å². The molecule has 1 N–H and O–H groups in total. The van der Waals surface area contributed by atoms with Gasteiger partial charge in [-0.3, -0.25) is 4.79 Å². The van der Waals surface area contributed by atoms with Gasteiger partial charge in [0.15, 0.2) is 0 Å². The van der Waals surface area contributed by atoms with E-state index in [1.807, 2.05) is 37.3 Å². The van der Waals surface area contributed by atoms with Crippen LogP contribution in [0.1, 0.15) is 44.2 Å². The second-order valence-electron chi connectivity index (χ2n) is 8.24. The van der Waals surface area contributed by atoms with Crippen LogP contribution in [-0.4, -0.2) is 18.1 Å². The molecule has 0 aromatic heterocycles. The number of rotatable bonds is 5. The van der Waals surface area contributed by atoms with Crippen LogP contribution >= 0.6 is 0 Å². The van der Waals surface area contributed by atoms with Gasteiger partial charge in [-0.15, -0.1) is 0 Å². The van der Waals surface area contributed by atoms with E-state index >= 15 is 0 Å². The fourth-order valence-electron chi connectivity index (χ4n) is 4.23. The highest BCUT2D eigenvalue weighted by atomic mass is 16.5. The van der Waals surface area contributed by atoms with E-state index < -0.39 is 0 Å². The van der Waals surface area contributed by atoms with Gasteiger partial charge in [0.1, 0.15) is 0 Å². The Bertz CT molecular complexity index is 754. The van der Waals surface area contributed by atoms with Gasteiger partial charge in [-0.25, -0.2) is 0 Å². The highest BCUT2D eigenvalue weighted by molar-refractivity contribution is 5.91. The Hall–Kier alpha value is -2.13. The molecule has 2 aromatic rings. The van der Waals surface area contributed by atoms with E-state index in [1.165, 1.54) is 5.56 Å². The molecule has 0 saturated carbocycles. The molecule has 2 aromatic carbocycles. The van der Waals surface area contributed by atoms with E-state index in [0.717, 1.165) is 30.5 Å². The van der Waals surface area contributed by atoms with Crippen LogP contribution < -0.4 is 5.32 Å². The number of nitrogens with one attached hydrogen (secondary N) is 1. The summed E-state index contributed by atoms with van der Waals surface area (Å²) in [6.07, 6.45) is 3.22. The van der Waals surface area contributed by atoms with Crippen LogP contribution in [0.3, 0.4) is 0 Å². The lowest BCUT2D eigenvalue weighted by atomic mass is 9.68. The molecular weight excluding hydrogens is 322 g/mol. The Morgan fingerprint density at radius 1 is 1.08 bits per heavy atom. The second-order valence-corrected chi connectivity index (χ2v) is 8.24. The minimum Gasteiger partial charge on any atom is -0.376 e. The van der Waals surface area contributed by atoms with Gasteiger partial charge >= 0.3 is 0 Å². The molecule has 3 rings (SSSR count). The first kappa shape index (κ1) is 18.7. The maximum Gasteiger partial charge on any atom is 0.224 e. The summed E-state index contributed by atoms with van der Waals surface area (Å²) < 4.78 is 5.95. The third-order valence-corrected chi connectivity index (χ3v) is 5.30. The fraction of sp³-hybridized carbons (Fsp3) is 0.435. The smallest absolute Gasteiger partial charge is 0.224 e. The molecule has 1 aliphatic heterocycles. The summed E-state index contributed by atoms with van der Waals surface area (Å²) in [4.78, 5) is 12.9. The maximum atomic E-state index is 12.9. The Morgan fingerprint density at radius 2 is 1.77 bits per heavy atom. The molecule has 0 bridgehead atoms. The molecule has 1 atom stereocenters. The van der Waals surface area contributed by atoms with Crippen LogP contribution in [0.25, 0.3) is 0 Å². The molecular formula is C23H29NO2. The number of ether oxygens (including phenoxy) is 1. The summed E-state index contributed by atoms with van der Waals surface area (Å²) >= 11 is 0. The lowest BCUT2D eigenvalue weighted by Gasteiger charge is -2.45. The third-order valence-electron chi connectivity index (χ3n) is 5.30. The summed E-state index contributed by atoms with van der Waals surface area (Å²) in [5, 5.41) is 3.12. The molecule has 1 fully saturated rings. The van der Waals surface area contributed by atoms with Gasteiger partial charge in [-0.2, -0.15) is 0 Å². The minimum absolute atomic E-state index is 0.0735. The van der Waals surface area contributed by atoms with Crippen LogP contribution in [0.5, 0.6) is 0 Å². The molecule has 3 heteroatoms. The quantitative estimate of drug-likeness (QED) is 0.810. The average Bonchev–Trinajstić information content (AvgIpc) is 2.56. The van der Waals surface area contributed by atoms with Crippen molar-refractivity contribution in [2.24, 2.45) is 5.41 Å². The molecule has 26 heavy (non-hydrogen) atoms. The van der Waals surface area contributed by atoms with Crippen molar-refractivity contribution in [3.8, 4) is 0 Å². The van der Waals surface area contributed by atoms with Crippen molar-refractivity contribution in [2.45, 2.75) is 52.1 Å². The van der Waals surface area contributed by atoms with Crippen molar-refractivity contribution in [1.82, 2.24) is 0 Å². The number of anilines is 1. The molecule has 1 heterocycles. The number of para-hydroxylation sites is 1.